The first-order valence-electron chi connectivity index (χ1n) is 4.34. The molecule has 0 fully saturated rings. The lowest BCUT2D eigenvalue weighted by molar-refractivity contribution is -0.186. The maximum absolute atomic E-state index is 11.7. The van der Waals surface area contributed by atoms with Gasteiger partial charge in [0.1, 0.15) is 18.6 Å². The molecule has 0 unspecified atom stereocenters. The second-order valence-corrected chi connectivity index (χ2v) is 2.92. The standard InChI is InChI=1S/C10H9F3O3/c11-10(12,13)6-15-7-16-9-3-1-2-8(4-9)5-14/h1-5H,6-7H2. The van der Waals surface area contributed by atoms with Crippen molar-refractivity contribution in [2.24, 2.45) is 0 Å². The van der Waals surface area contributed by atoms with Gasteiger partial charge >= 0.3 is 6.18 Å². The predicted octanol–water partition coefficient (Wildman–Crippen LogP) is 2.41. The average molecular weight is 234 g/mol. The van der Waals surface area contributed by atoms with Crippen molar-refractivity contribution in [1.29, 1.82) is 0 Å². The molecule has 0 saturated carbocycles. The molecule has 0 amide bonds. The van der Waals surface area contributed by atoms with E-state index in [2.05, 4.69) is 4.74 Å². The molecule has 0 radical (unpaired) electrons. The molecule has 1 rings (SSSR count). The Morgan fingerprint density at radius 1 is 1.31 bits per heavy atom. The Morgan fingerprint density at radius 2 is 2.06 bits per heavy atom. The van der Waals surface area contributed by atoms with Gasteiger partial charge in [0.05, 0.1) is 0 Å². The van der Waals surface area contributed by atoms with E-state index in [9.17, 15) is 18.0 Å². The first-order valence-corrected chi connectivity index (χ1v) is 4.34. The predicted molar refractivity (Wildman–Crippen MR) is 49.3 cm³/mol. The van der Waals surface area contributed by atoms with Crippen LogP contribution in [0.4, 0.5) is 13.2 Å². The molecule has 1 aromatic carbocycles. The van der Waals surface area contributed by atoms with E-state index >= 15 is 0 Å². The van der Waals surface area contributed by atoms with Crippen LogP contribution in [0.1, 0.15) is 10.4 Å². The number of carbonyl (C=O) groups is 1. The summed E-state index contributed by atoms with van der Waals surface area (Å²) in [7, 11) is 0. The van der Waals surface area contributed by atoms with E-state index < -0.39 is 19.6 Å². The molecule has 0 bridgehead atoms. The third kappa shape index (κ3) is 4.79. The van der Waals surface area contributed by atoms with Crippen LogP contribution in [-0.2, 0) is 4.74 Å². The van der Waals surface area contributed by atoms with Crippen molar-refractivity contribution in [3.05, 3.63) is 29.8 Å². The fourth-order valence-electron chi connectivity index (χ4n) is 0.945. The van der Waals surface area contributed by atoms with E-state index in [1.165, 1.54) is 12.1 Å². The Morgan fingerprint density at radius 3 is 2.69 bits per heavy atom. The quantitative estimate of drug-likeness (QED) is 0.446. The maximum atomic E-state index is 11.7. The van der Waals surface area contributed by atoms with Gasteiger partial charge in [-0.25, -0.2) is 0 Å². The molecule has 0 aliphatic rings. The Kier molecular flexibility index (Phi) is 4.30. The van der Waals surface area contributed by atoms with Crippen molar-refractivity contribution in [2.45, 2.75) is 6.18 Å². The van der Waals surface area contributed by atoms with Gasteiger partial charge in [0.25, 0.3) is 0 Å². The summed E-state index contributed by atoms with van der Waals surface area (Å²) in [5.74, 6) is 0.284. The molecule has 0 aromatic heterocycles. The largest absolute Gasteiger partial charge is 0.468 e. The number of hydrogen-bond acceptors (Lipinski definition) is 3. The van der Waals surface area contributed by atoms with E-state index in [1.54, 1.807) is 12.1 Å². The van der Waals surface area contributed by atoms with E-state index in [0.717, 1.165) is 0 Å². The molecule has 0 atom stereocenters. The summed E-state index contributed by atoms with van der Waals surface area (Å²) in [6.07, 6.45) is -3.75. The Labute approximate surface area is 89.8 Å². The second kappa shape index (κ2) is 5.50. The van der Waals surface area contributed by atoms with Crippen LogP contribution < -0.4 is 4.74 Å². The number of aldehydes is 1. The number of halogens is 3. The van der Waals surface area contributed by atoms with Crippen LogP contribution in [0.25, 0.3) is 0 Å². The van der Waals surface area contributed by atoms with Gasteiger partial charge in [-0.2, -0.15) is 13.2 Å². The smallest absolute Gasteiger partial charge is 0.411 e. The Balaban J connectivity index is 2.34. The summed E-state index contributed by atoms with van der Waals surface area (Å²) in [6, 6.07) is 6.03. The third-order valence-corrected chi connectivity index (χ3v) is 1.57. The van der Waals surface area contributed by atoms with Crippen LogP contribution >= 0.6 is 0 Å². The van der Waals surface area contributed by atoms with E-state index in [1.807, 2.05) is 0 Å². The van der Waals surface area contributed by atoms with Gasteiger partial charge in [0.15, 0.2) is 6.79 Å². The van der Waals surface area contributed by atoms with Gasteiger partial charge in [-0.05, 0) is 12.1 Å². The van der Waals surface area contributed by atoms with E-state index in [0.29, 0.717) is 11.8 Å². The zero-order chi connectivity index (χ0) is 12.0. The number of ether oxygens (including phenoxy) is 2. The molecule has 0 N–H and O–H groups in total. The van der Waals surface area contributed by atoms with Crippen LogP contribution in [0.5, 0.6) is 5.75 Å². The van der Waals surface area contributed by atoms with Crippen molar-refractivity contribution >= 4 is 6.29 Å². The van der Waals surface area contributed by atoms with Crippen LogP contribution in [0.3, 0.4) is 0 Å². The van der Waals surface area contributed by atoms with Crippen LogP contribution in [0.2, 0.25) is 0 Å². The number of alkyl halides is 3. The Bertz CT molecular complexity index is 349. The zero-order valence-corrected chi connectivity index (χ0v) is 8.16. The molecule has 88 valence electrons. The van der Waals surface area contributed by atoms with Gasteiger partial charge in [0.2, 0.25) is 0 Å². The minimum absolute atomic E-state index is 0.284. The van der Waals surface area contributed by atoms with Crippen molar-refractivity contribution in [3.63, 3.8) is 0 Å². The van der Waals surface area contributed by atoms with Crippen molar-refractivity contribution in [1.82, 2.24) is 0 Å². The summed E-state index contributed by atoms with van der Waals surface area (Å²) in [5.41, 5.74) is 0.383. The first kappa shape index (κ1) is 12.5. The summed E-state index contributed by atoms with van der Waals surface area (Å²) >= 11 is 0. The van der Waals surface area contributed by atoms with E-state index in [4.69, 9.17) is 4.74 Å². The molecule has 0 saturated heterocycles. The summed E-state index contributed by atoms with van der Waals surface area (Å²) in [5, 5.41) is 0. The van der Waals surface area contributed by atoms with Gasteiger partial charge in [-0.1, -0.05) is 12.1 Å². The molecular weight excluding hydrogens is 225 g/mol. The zero-order valence-electron chi connectivity index (χ0n) is 8.16. The lowest BCUT2D eigenvalue weighted by Gasteiger charge is -2.09. The second-order valence-electron chi connectivity index (χ2n) is 2.92. The molecule has 0 aliphatic heterocycles. The average Bonchev–Trinajstić information content (AvgIpc) is 2.23. The molecule has 1 aromatic rings. The monoisotopic (exact) mass is 234 g/mol. The molecule has 16 heavy (non-hydrogen) atoms. The number of rotatable bonds is 5. The summed E-state index contributed by atoms with van der Waals surface area (Å²) in [4.78, 5) is 10.4. The molecule has 6 heteroatoms. The van der Waals surface area contributed by atoms with Crippen LogP contribution in [-0.4, -0.2) is 25.9 Å². The van der Waals surface area contributed by atoms with Crippen molar-refractivity contribution < 1.29 is 27.4 Å². The van der Waals surface area contributed by atoms with Crippen LogP contribution in [0.15, 0.2) is 24.3 Å². The number of hydrogen-bond donors (Lipinski definition) is 0. The molecular formula is C10H9F3O3. The highest BCUT2D eigenvalue weighted by molar-refractivity contribution is 5.75. The van der Waals surface area contributed by atoms with Crippen molar-refractivity contribution in [2.75, 3.05) is 13.4 Å². The molecule has 0 heterocycles. The summed E-state index contributed by atoms with van der Waals surface area (Å²) < 4.78 is 44.1. The molecule has 0 spiro atoms. The van der Waals surface area contributed by atoms with Crippen molar-refractivity contribution in [3.8, 4) is 5.75 Å². The van der Waals surface area contributed by atoms with Crippen LogP contribution in [0, 0.1) is 0 Å². The van der Waals surface area contributed by atoms with Gasteiger partial charge in [-0.15, -0.1) is 0 Å². The molecule has 0 aliphatic carbocycles. The Hall–Kier alpha value is -1.56. The fourth-order valence-corrected chi connectivity index (χ4v) is 0.945. The highest BCUT2D eigenvalue weighted by Crippen LogP contribution is 2.15. The fraction of sp³-hybridized carbons (Fsp3) is 0.300. The lowest BCUT2D eigenvalue weighted by atomic mass is 10.2. The van der Waals surface area contributed by atoms with Gasteiger partial charge in [0, 0.05) is 5.56 Å². The normalized spacial score (nSPS) is 11.2. The first-order chi connectivity index (χ1) is 7.51. The highest BCUT2D eigenvalue weighted by atomic mass is 19.4. The lowest BCUT2D eigenvalue weighted by Crippen LogP contribution is -2.19. The summed E-state index contributed by atoms with van der Waals surface area (Å²) in [6.45, 7) is -1.87. The number of benzene rings is 1. The molecule has 3 nitrogen and oxygen atoms in total. The highest BCUT2D eigenvalue weighted by Gasteiger charge is 2.27. The maximum Gasteiger partial charge on any atom is 0.411 e. The van der Waals surface area contributed by atoms with Gasteiger partial charge < -0.3 is 9.47 Å². The number of carbonyl (C=O) groups excluding carboxylic acids is 1. The van der Waals surface area contributed by atoms with Gasteiger partial charge in [-0.3, -0.25) is 4.79 Å². The minimum atomic E-state index is -4.37. The minimum Gasteiger partial charge on any atom is -0.468 e. The van der Waals surface area contributed by atoms with E-state index in [-0.39, 0.29) is 5.75 Å². The third-order valence-electron chi connectivity index (χ3n) is 1.57. The topological polar surface area (TPSA) is 35.5 Å². The SMILES string of the molecule is O=Cc1cccc(OCOCC(F)(F)F)c1.